The molecule has 8 nitrogen and oxygen atoms in total. The molecule has 10 heteroatoms. The van der Waals surface area contributed by atoms with E-state index >= 15 is 0 Å². The van der Waals surface area contributed by atoms with Crippen LogP contribution >= 0.6 is 11.8 Å². The zero-order valence-corrected chi connectivity index (χ0v) is 18.7. The first kappa shape index (κ1) is 22.0. The summed E-state index contributed by atoms with van der Waals surface area (Å²) in [5.74, 6) is -0.385. The van der Waals surface area contributed by atoms with Gasteiger partial charge in [0.2, 0.25) is 0 Å². The van der Waals surface area contributed by atoms with Crippen molar-refractivity contribution in [1.29, 1.82) is 0 Å². The molecule has 2 aliphatic rings. The van der Waals surface area contributed by atoms with E-state index in [4.69, 9.17) is 0 Å². The van der Waals surface area contributed by atoms with E-state index in [0.29, 0.717) is 52.7 Å². The number of hydrogen-bond acceptors (Lipinski definition) is 7. The van der Waals surface area contributed by atoms with Crippen molar-refractivity contribution >= 4 is 29.1 Å². The summed E-state index contributed by atoms with van der Waals surface area (Å²) < 4.78 is 14.1. The number of allylic oxidation sites excluding steroid dienone is 2. The largest absolute Gasteiger partial charge is 0.343 e. The van der Waals surface area contributed by atoms with Gasteiger partial charge < -0.3 is 10.3 Å². The van der Waals surface area contributed by atoms with Crippen LogP contribution in [0, 0.1) is 15.9 Å². The van der Waals surface area contributed by atoms with Crippen molar-refractivity contribution in [2.45, 2.75) is 36.1 Å². The lowest BCUT2D eigenvalue weighted by Crippen LogP contribution is -2.32. The number of non-ortho nitro benzene ring substituents is 1. The van der Waals surface area contributed by atoms with Crippen LogP contribution in [-0.4, -0.2) is 20.7 Å². The third-order valence-electron chi connectivity index (χ3n) is 5.94. The van der Waals surface area contributed by atoms with Gasteiger partial charge in [-0.1, -0.05) is 36.0 Å². The smallest absolute Gasteiger partial charge is 0.269 e. The van der Waals surface area contributed by atoms with Gasteiger partial charge in [-0.25, -0.2) is 9.37 Å². The number of thioether (sulfide) groups is 1. The average molecular weight is 479 g/mol. The molecule has 1 aliphatic carbocycles. The van der Waals surface area contributed by atoms with E-state index in [1.807, 2.05) is 0 Å². The van der Waals surface area contributed by atoms with E-state index in [1.165, 1.54) is 36.0 Å². The first-order valence-electron chi connectivity index (χ1n) is 10.7. The number of nitro benzene ring substituents is 1. The average Bonchev–Trinajstić information content (AvgIpc) is 2.82. The molecule has 1 atom stereocenters. The van der Waals surface area contributed by atoms with Crippen LogP contribution in [0.3, 0.4) is 0 Å². The topological polar surface area (TPSA) is 118 Å². The highest BCUT2D eigenvalue weighted by Crippen LogP contribution is 2.43. The van der Waals surface area contributed by atoms with Crippen molar-refractivity contribution in [3.05, 3.63) is 103 Å². The number of anilines is 1. The van der Waals surface area contributed by atoms with E-state index in [-0.39, 0.29) is 11.5 Å². The number of benzene rings is 2. The number of aromatic nitrogens is 2. The van der Waals surface area contributed by atoms with E-state index in [9.17, 15) is 24.1 Å². The summed E-state index contributed by atoms with van der Waals surface area (Å²) in [7, 11) is 0. The summed E-state index contributed by atoms with van der Waals surface area (Å²) >= 11 is 1.28. The molecule has 1 aromatic heterocycles. The van der Waals surface area contributed by atoms with E-state index in [2.05, 4.69) is 15.3 Å². The third kappa shape index (κ3) is 4.12. The molecular weight excluding hydrogens is 459 g/mol. The standard InChI is InChI=1S/C24H19FN4O4S/c25-15-4-1-3-14(11-15)19-20-17(5-2-6-18(20)30)26-22-21(19)23(31)28-24(27-22)34-12-13-7-9-16(10-8-13)29(32)33/h1,3-4,7-11,19H,2,5-6,12H2,(H2,26,27,28,31). The lowest BCUT2D eigenvalue weighted by Gasteiger charge is -2.32. The number of carbonyl (C=O) groups excluding carboxylic acids is 1. The summed E-state index contributed by atoms with van der Waals surface area (Å²) in [6.45, 7) is 0. The zero-order chi connectivity index (χ0) is 23.8. The second kappa shape index (κ2) is 8.86. The lowest BCUT2D eigenvalue weighted by molar-refractivity contribution is -0.384. The van der Waals surface area contributed by atoms with Crippen LogP contribution in [0.1, 0.15) is 41.9 Å². The van der Waals surface area contributed by atoms with Gasteiger partial charge in [-0.15, -0.1) is 0 Å². The fourth-order valence-electron chi connectivity index (χ4n) is 4.39. The van der Waals surface area contributed by atoms with Crippen LogP contribution in [-0.2, 0) is 10.5 Å². The Labute approximate surface area is 197 Å². The molecule has 2 N–H and O–H groups in total. The Morgan fingerprint density at radius 3 is 2.68 bits per heavy atom. The number of hydrogen-bond donors (Lipinski definition) is 2. The van der Waals surface area contributed by atoms with Gasteiger partial charge in [0.05, 0.1) is 10.5 Å². The minimum atomic E-state index is -0.695. The maximum Gasteiger partial charge on any atom is 0.269 e. The normalized spacial score (nSPS) is 17.1. The van der Waals surface area contributed by atoms with Crippen molar-refractivity contribution < 1.29 is 14.1 Å². The Morgan fingerprint density at radius 1 is 1.15 bits per heavy atom. The predicted molar refractivity (Wildman–Crippen MR) is 125 cm³/mol. The SMILES string of the molecule is O=C1CCCC2=C1C(c1cccc(F)c1)c1c(nc(SCc3ccc([N+](=O)[O-])cc3)[nH]c1=O)N2. The maximum atomic E-state index is 14.1. The second-order valence-corrected chi connectivity index (χ2v) is 9.09. The van der Waals surface area contributed by atoms with Gasteiger partial charge >= 0.3 is 0 Å². The number of carbonyl (C=O) groups is 1. The summed E-state index contributed by atoms with van der Waals surface area (Å²) in [6, 6.07) is 12.1. The number of Topliss-reactive ketones (excluding diaryl/α,β-unsaturated/α-hetero) is 1. The van der Waals surface area contributed by atoms with E-state index in [1.54, 1.807) is 24.3 Å². The minimum Gasteiger partial charge on any atom is -0.343 e. The predicted octanol–water partition coefficient (Wildman–Crippen LogP) is 4.67. The number of H-pyrrole nitrogens is 1. The Balaban J connectivity index is 1.50. The number of nitro groups is 1. The Bertz CT molecular complexity index is 1400. The van der Waals surface area contributed by atoms with E-state index < -0.39 is 22.2 Å². The van der Waals surface area contributed by atoms with Gasteiger partial charge in [-0.2, -0.15) is 0 Å². The number of rotatable bonds is 5. The van der Waals surface area contributed by atoms with Crippen molar-refractivity contribution in [2.24, 2.45) is 0 Å². The Hall–Kier alpha value is -3.79. The van der Waals surface area contributed by atoms with Crippen molar-refractivity contribution in [3.8, 4) is 0 Å². The van der Waals surface area contributed by atoms with Gasteiger partial charge in [-0.05, 0) is 36.1 Å². The molecule has 34 heavy (non-hydrogen) atoms. The molecular formula is C24H19FN4O4S. The molecule has 5 rings (SSSR count). The van der Waals surface area contributed by atoms with Gasteiger partial charge in [-0.3, -0.25) is 19.7 Å². The number of aromatic amines is 1. The maximum absolute atomic E-state index is 14.1. The number of fused-ring (bicyclic) bond motifs is 1. The quantitative estimate of drug-likeness (QED) is 0.237. The molecule has 0 spiro atoms. The molecule has 172 valence electrons. The molecule has 0 fully saturated rings. The molecule has 0 bridgehead atoms. The number of nitrogens with one attached hydrogen (secondary N) is 2. The highest BCUT2D eigenvalue weighted by molar-refractivity contribution is 7.98. The molecule has 1 unspecified atom stereocenters. The summed E-state index contributed by atoms with van der Waals surface area (Å²) in [5.41, 5.74) is 2.49. The second-order valence-electron chi connectivity index (χ2n) is 8.13. The highest BCUT2D eigenvalue weighted by atomic mass is 32.2. The Morgan fingerprint density at radius 2 is 1.94 bits per heavy atom. The van der Waals surface area contributed by atoms with Gasteiger partial charge in [0.1, 0.15) is 11.6 Å². The lowest BCUT2D eigenvalue weighted by atomic mass is 9.76. The molecule has 0 radical (unpaired) electrons. The van der Waals surface area contributed by atoms with E-state index in [0.717, 1.165) is 11.3 Å². The van der Waals surface area contributed by atoms with Crippen LogP contribution in [0.25, 0.3) is 0 Å². The van der Waals surface area contributed by atoms with Crippen LogP contribution < -0.4 is 10.9 Å². The van der Waals surface area contributed by atoms with Crippen molar-refractivity contribution in [2.75, 3.05) is 5.32 Å². The number of ketones is 1. The molecule has 3 aromatic rings. The number of halogens is 1. The Kier molecular flexibility index (Phi) is 5.74. The fourth-order valence-corrected chi connectivity index (χ4v) is 5.21. The molecule has 2 heterocycles. The van der Waals surface area contributed by atoms with Gasteiger partial charge in [0.15, 0.2) is 10.9 Å². The van der Waals surface area contributed by atoms with Crippen molar-refractivity contribution in [3.63, 3.8) is 0 Å². The van der Waals surface area contributed by atoms with Gasteiger partial charge in [0, 0.05) is 41.5 Å². The van der Waals surface area contributed by atoms with Crippen molar-refractivity contribution in [1.82, 2.24) is 9.97 Å². The van der Waals surface area contributed by atoms with Crippen LogP contribution in [0.4, 0.5) is 15.9 Å². The van der Waals surface area contributed by atoms with Gasteiger partial charge in [0.25, 0.3) is 11.2 Å². The summed E-state index contributed by atoms with van der Waals surface area (Å²) in [5, 5.41) is 14.4. The minimum absolute atomic E-state index is 0.00719. The highest BCUT2D eigenvalue weighted by Gasteiger charge is 2.38. The zero-order valence-electron chi connectivity index (χ0n) is 17.8. The third-order valence-corrected chi connectivity index (χ3v) is 6.89. The van der Waals surface area contributed by atoms with Crippen LogP contribution in [0.15, 0.2) is 69.8 Å². The monoisotopic (exact) mass is 478 g/mol. The molecule has 0 saturated heterocycles. The van der Waals surface area contributed by atoms with Crippen LogP contribution in [0.5, 0.6) is 0 Å². The summed E-state index contributed by atoms with van der Waals surface area (Å²) in [4.78, 5) is 43.8. The number of nitrogens with zero attached hydrogens (tertiary/aromatic N) is 2. The summed E-state index contributed by atoms with van der Waals surface area (Å²) in [6.07, 6.45) is 1.73. The first-order chi connectivity index (χ1) is 16.4. The fraction of sp³-hybridized carbons (Fsp3) is 0.208. The van der Waals surface area contributed by atoms with Crippen LogP contribution in [0.2, 0.25) is 0 Å². The first-order valence-corrected chi connectivity index (χ1v) is 11.7. The molecule has 0 amide bonds. The molecule has 0 saturated carbocycles. The molecule has 2 aromatic carbocycles. The molecule has 1 aliphatic heterocycles.